The number of carbonyl (C=O) groups excluding carboxylic acids is 2. The Bertz CT molecular complexity index is 756. The molecule has 0 fully saturated rings. The maximum atomic E-state index is 12.5. The number of benzene rings is 1. The van der Waals surface area contributed by atoms with Crippen LogP contribution in [-0.2, 0) is 29.2 Å². The highest BCUT2D eigenvalue weighted by molar-refractivity contribution is 7.89. The number of phenols is 1. The second-order valence-corrected chi connectivity index (χ2v) is 8.13. The summed E-state index contributed by atoms with van der Waals surface area (Å²) in [4.78, 5) is 28.8. The number of carbonyl (C=O) groups is 2. The minimum Gasteiger partial charge on any atom is -0.507 e. The molecule has 0 saturated carbocycles. The van der Waals surface area contributed by atoms with Gasteiger partial charge in [0.05, 0.1) is 13.5 Å². The lowest BCUT2D eigenvalue weighted by Gasteiger charge is -2.24. The van der Waals surface area contributed by atoms with Crippen molar-refractivity contribution >= 4 is 21.9 Å². The van der Waals surface area contributed by atoms with Crippen LogP contribution in [0.15, 0.2) is 29.2 Å². The third-order valence-electron chi connectivity index (χ3n) is 3.13. The summed E-state index contributed by atoms with van der Waals surface area (Å²) >= 11 is 0. The molecule has 26 heavy (non-hydrogen) atoms. The van der Waals surface area contributed by atoms with Gasteiger partial charge in [-0.05, 0) is 32.9 Å². The fourth-order valence-electron chi connectivity index (χ4n) is 1.97. The highest BCUT2D eigenvalue weighted by atomic mass is 32.2. The molecule has 1 rings (SSSR count). The minimum atomic E-state index is -4.28. The summed E-state index contributed by atoms with van der Waals surface area (Å²) in [6, 6.07) is 3.77. The molecular formula is C16H24N2O7S. The molecule has 1 atom stereocenters. The number of phenolic OH excluding ortho intramolecular Hbond substituents is 1. The zero-order chi connectivity index (χ0) is 20.1. The van der Waals surface area contributed by atoms with Gasteiger partial charge in [0.1, 0.15) is 22.3 Å². The van der Waals surface area contributed by atoms with Crippen molar-refractivity contribution in [1.82, 2.24) is 9.79 Å². The average Bonchev–Trinajstić information content (AvgIpc) is 2.50. The lowest BCUT2D eigenvalue weighted by atomic mass is 10.1. The molecule has 0 radical (unpaired) electrons. The molecular weight excluding hydrogens is 364 g/mol. The molecule has 0 spiro atoms. The Morgan fingerprint density at radius 3 is 2.35 bits per heavy atom. The Kier molecular flexibility index (Phi) is 7.13. The van der Waals surface area contributed by atoms with Crippen molar-refractivity contribution in [1.29, 1.82) is 0 Å². The summed E-state index contributed by atoms with van der Waals surface area (Å²) in [7, 11) is -1.78. The maximum absolute atomic E-state index is 12.5. The maximum Gasteiger partial charge on any atom is 0.308 e. The molecule has 0 aliphatic rings. The molecule has 0 aromatic heterocycles. The number of aromatic hydroxyl groups is 1. The molecule has 0 bridgehead atoms. The van der Waals surface area contributed by atoms with E-state index in [9.17, 15) is 23.1 Å². The first-order valence-electron chi connectivity index (χ1n) is 7.71. The van der Waals surface area contributed by atoms with E-state index in [1.807, 2.05) is 0 Å². The van der Waals surface area contributed by atoms with Crippen molar-refractivity contribution in [2.24, 2.45) is 0 Å². The Hall–Kier alpha value is -2.17. The molecule has 0 aliphatic carbocycles. The lowest BCUT2D eigenvalue weighted by Crippen LogP contribution is -2.48. The molecule has 146 valence electrons. The molecule has 1 aromatic rings. The fraction of sp³-hybridized carbons (Fsp3) is 0.500. The SMILES string of the molecule is CON(C)C(=O)C(CC(=O)OC(C)(C)C)NS(=O)(=O)c1ccccc1O. The average molecular weight is 388 g/mol. The van der Waals surface area contributed by atoms with E-state index in [4.69, 9.17) is 9.57 Å². The van der Waals surface area contributed by atoms with Gasteiger partial charge < -0.3 is 9.84 Å². The van der Waals surface area contributed by atoms with Crippen molar-refractivity contribution in [3.8, 4) is 5.75 Å². The van der Waals surface area contributed by atoms with Gasteiger partial charge in [-0.3, -0.25) is 14.4 Å². The van der Waals surface area contributed by atoms with Gasteiger partial charge in [0.2, 0.25) is 10.0 Å². The standard InChI is InChI=1S/C16H24N2O7S/c1-16(2,3)25-14(20)10-11(15(21)18(4)24-5)17-26(22,23)13-9-7-6-8-12(13)19/h6-9,11,17,19H,10H2,1-5H3. The van der Waals surface area contributed by atoms with Crippen LogP contribution in [0.4, 0.5) is 0 Å². The summed E-state index contributed by atoms with van der Waals surface area (Å²) in [5.74, 6) is -2.04. The number of hydrogen-bond donors (Lipinski definition) is 2. The number of hydroxylamine groups is 2. The van der Waals surface area contributed by atoms with Gasteiger partial charge in [0, 0.05) is 7.05 Å². The Labute approximate surface area is 152 Å². The van der Waals surface area contributed by atoms with Crippen LogP contribution in [0.3, 0.4) is 0 Å². The number of hydrogen-bond acceptors (Lipinski definition) is 7. The highest BCUT2D eigenvalue weighted by Gasteiger charge is 2.33. The van der Waals surface area contributed by atoms with Gasteiger partial charge in [-0.25, -0.2) is 13.5 Å². The smallest absolute Gasteiger partial charge is 0.308 e. The number of nitrogens with one attached hydrogen (secondary N) is 1. The summed E-state index contributed by atoms with van der Waals surface area (Å²) in [5.41, 5.74) is -0.797. The van der Waals surface area contributed by atoms with Crippen LogP contribution in [0.25, 0.3) is 0 Å². The van der Waals surface area contributed by atoms with E-state index in [2.05, 4.69) is 4.72 Å². The monoisotopic (exact) mass is 388 g/mol. The number of amides is 1. The molecule has 1 aromatic carbocycles. The number of sulfonamides is 1. The summed E-state index contributed by atoms with van der Waals surface area (Å²) in [5, 5.41) is 10.6. The second-order valence-electron chi connectivity index (χ2n) is 6.45. The van der Waals surface area contributed by atoms with Gasteiger partial charge >= 0.3 is 5.97 Å². The van der Waals surface area contributed by atoms with Crippen molar-refractivity contribution in [2.45, 2.75) is 43.7 Å². The van der Waals surface area contributed by atoms with Crippen LogP contribution in [0.5, 0.6) is 5.75 Å². The number of para-hydroxylation sites is 1. The lowest BCUT2D eigenvalue weighted by molar-refractivity contribution is -0.173. The van der Waals surface area contributed by atoms with E-state index in [1.54, 1.807) is 20.8 Å². The van der Waals surface area contributed by atoms with E-state index < -0.39 is 50.6 Å². The van der Waals surface area contributed by atoms with E-state index in [0.717, 1.165) is 5.06 Å². The van der Waals surface area contributed by atoms with E-state index in [1.165, 1.54) is 38.4 Å². The minimum absolute atomic E-state index is 0.415. The predicted octanol–water partition coefficient (Wildman–Crippen LogP) is 0.791. The van der Waals surface area contributed by atoms with Crippen LogP contribution in [-0.4, -0.2) is 56.3 Å². The van der Waals surface area contributed by atoms with Crippen LogP contribution >= 0.6 is 0 Å². The zero-order valence-corrected chi connectivity index (χ0v) is 16.2. The highest BCUT2D eigenvalue weighted by Crippen LogP contribution is 2.22. The zero-order valence-electron chi connectivity index (χ0n) is 15.3. The summed E-state index contributed by atoms with van der Waals surface area (Å²) in [6.07, 6.45) is -0.545. The van der Waals surface area contributed by atoms with Crippen LogP contribution in [0, 0.1) is 0 Å². The molecule has 2 N–H and O–H groups in total. The fourth-order valence-corrected chi connectivity index (χ4v) is 3.26. The predicted molar refractivity (Wildman–Crippen MR) is 92.5 cm³/mol. The molecule has 1 unspecified atom stereocenters. The first-order chi connectivity index (χ1) is 11.9. The normalized spacial score (nSPS) is 13.1. The number of ether oxygens (including phenoxy) is 1. The first kappa shape index (κ1) is 21.9. The number of rotatable bonds is 7. The van der Waals surface area contributed by atoms with Crippen LogP contribution in [0.2, 0.25) is 0 Å². The second kappa shape index (κ2) is 8.47. The van der Waals surface area contributed by atoms with Crippen molar-refractivity contribution < 1.29 is 32.7 Å². The Balaban J connectivity index is 3.11. The van der Waals surface area contributed by atoms with E-state index in [0.29, 0.717) is 0 Å². The quantitative estimate of drug-likeness (QED) is 0.523. The van der Waals surface area contributed by atoms with E-state index >= 15 is 0 Å². The van der Waals surface area contributed by atoms with Crippen molar-refractivity contribution in [2.75, 3.05) is 14.2 Å². The molecule has 0 saturated heterocycles. The number of esters is 1. The molecule has 0 aliphatic heterocycles. The summed E-state index contributed by atoms with van der Waals surface area (Å²) < 4.78 is 32.3. The third-order valence-corrected chi connectivity index (χ3v) is 4.64. The Morgan fingerprint density at radius 2 is 1.85 bits per heavy atom. The van der Waals surface area contributed by atoms with Crippen LogP contribution < -0.4 is 4.72 Å². The van der Waals surface area contributed by atoms with Crippen molar-refractivity contribution in [3.05, 3.63) is 24.3 Å². The van der Waals surface area contributed by atoms with Crippen LogP contribution in [0.1, 0.15) is 27.2 Å². The number of likely N-dealkylation sites (N-methyl/N-ethyl adjacent to an activating group) is 1. The van der Waals surface area contributed by atoms with Gasteiger partial charge in [-0.15, -0.1) is 0 Å². The molecule has 1 amide bonds. The van der Waals surface area contributed by atoms with Gasteiger partial charge in [-0.1, -0.05) is 12.1 Å². The molecule has 10 heteroatoms. The first-order valence-corrected chi connectivity index (χ1v) is 9.19. The Morgan fingerprint density at radius 1 is 1.27 bits per heavy atom. The molecule has 9 nitrogen and oxygen atoms in total. The summed E-state index contributed by atoms with van der Waals surface area (Å²) in [6.45, 7) is 4.94. The topological polar surface area (TPSA) is 122 Å². The molecule has 0 heterocycles. The largest absolute Gasteiger partial charge is 0.507 e. The van der Waals surface area contributed by atoms with E-state index in [-0.39, 0.29) is 0 Å². The van der Waals surface area contributed by atoms with Gasteiger partial charge in [0.15, 0.2) is 0 Å². The van der Waals surface area contributed by atoms with Gasteiger partial charge in [0.25, 0.3) is 5.91 Å². The number of nitrogens with zero attached hydrogens (tertiary/aromatic N) is 1. The van der Waals surface area contributed by atoms with Crippen molar-refractivity contribution in [3.63, 3.8) is 0 Å². The third kappa shape index (κ3) is 6.28. The van der Waals surface area contributed by atoms with Gasteiger partial charge in [-0.2, -0.15) is 4.72 Å².